The van der Waals surface area contributed by atoms with E-state index in [2.05, 4.69) is 10.3 Å². The Labute approximate surface area is 215 Å². The number of fused-ring (bicyclic) bond motifs is 1. The normalized spacial score (nSPS) is 13.8. The van der Waals surface area contributed by atoms with E-state index >= 15 is 0 Å². The summed E-state index contributed by atoms with van der Waals surface area (Å²) in [6.07, 6.45) is 6.41. The van der Waals surface area contributed by atoms with Crippen molar-refractivity contribution in [3.8, 4) is 0 Å². The van der Waals surface area contributed by atoms with Crippen LogP contribution in [-0.2, 0) is 4.79 Å². The van der Waals surface area contributed by atoms with Gasteiger partial charge in [-0.25, -0.2) is 15.0 Å². The Hall–Kier alpha value is -2.52. The predicted molar refractivity (Wildman–Crippen MR) is 140 cm³/mol. The summed E-state index contributed by atoms with van der Waals surface area (Å²) in [5.74, 6) is -0.0962. The van der Waals surface area contributed by atoms with Crippen molar-refractivity contribution in [3.05, 3.63) is 47.3 Å². The van der Waals surface area contributed by atoms with E-state index in [1.807, 2.05) is 0 Å². The first-order valence-electron chi connectivity index (χ1n) is 10.6. The lowest BCUT2D eigenvalue weighted by molar-refractivity contribution is -0.125. The van der Waals surface area contributed by atoms with Crippen LogP contribution in [0.1, 0.15) is 42.7 Å². The van der Waals surface area contributed by atoms with E-state index in [4.69, 9.17) is 21.8 Å². The molecular weight excluding hydrogens is 501 g/mol. The zero-order valence-corrected chi connectivity index (χ0v) is 21.3. The van der Waals surface area contributed by atoms with Gasteiger partial charge in [-0.3, -0.25) is 9.59 Å². The maximum atomic E-state index is 13.4. The van der Waals surface area contributed by atoms with E-state index in [1.165, 1.54) is 6.20 Å². The summed E-state index contributed by atoms with van der Waals surface area (Å²) in [5, 5.41) is 7.11. The number of furan rings is 1. The molecule has 8 nitrogen and oxygen atoms in total. The summed E-state index contributed by atoms with van der Waals surface area (Å²) in [4.78, 5) is 30.3. The molecule has 2 aromatic heterocycles. The van der Waals surface area contributed by atoms with Gasteiger partial charge in [0.15, 0.2) is 11.3 Å². The van der Waals surface area contributed by atoms with E-state index in [-0.39, 0.29) is 42.4 Å². The van der Waals surface area contributed by atoms with Crippen LogP contribution in [0.4, 0.5) is 17.2 Å². The second kappa shape index (κ2) is 11.8. The smallest absolute Gasteiger partial charge is 0.292 e. The van der Waals surface area contributed by atoms with E-state index in [0.717, 1.165) is 32.1 Å². The van der Waals surface area contributed by atoms with Crippen molar-refractivity contribution in [2.75, 3.05) is 30.2 Å². The number of aromatic nitrogens is 1. The van der Waals surface area contributed by atoms with Gasteiger partial charge in [-0.2, -0.15) is 0 Å². The number of hydrogen-bond donors (Lipinski definition) is 2. The summed E-state index contributed by atoms with van der Waals surface area (Å²) >= 11 is 5.85. The summed E-state index contributed by atoms with van der Waals surface area (Å²) in [6, 6.07) is 8.35. The Bertz CT molecular complexity index is 1140. The van der Waals surface area contributed by atoms with Crippen LogP contribution in [0.3, 0.4) is 0 Å². The minimum absolute atomic E-state index is 0. The lowest BCUT2D eigenvalue weighted by Gasteiger charge is -2.34. The maximum Gasteiger partial charge on any atom is 0.292 e. The van der Waals surface area contributed by atoms with Crippen LogP contribution in [0, 0.1) is 5.92 Å². The molecule has 2 heterocycles. The molecule has 0 radical (unpaired) electrons. The number of rotatable bonds is 5. The fraction of sp³-hybridized carbons (Fsp3) is 0.348. The molecule has 1 aliphatic rings. The molecule has 2 amide bonds. The Balaban J connectivity index is 0.00000204. The number of nitrogens with one attached hydrogen (secondary N) is 1. The number of hydrazine groups is 1. The van der Waals surface area contributed by atoms with Crippen LogP contribution in [-0.4, -0.2) is 35.9 Å². The average Bonchev–Trinajstić information content (AvgIpc) is 3.22. The first kappa shape index (κ1) is 27.7. The van der Waals surface area contributed by atoms with Crippen molar-refractivity contribution in [2.24, 2.45) is 5.92 Å². The minimum atomic E-state index is -0.462. The number of carbonyl (C=O) groups excluding carboxylic acids is 2. The van der Waals surface area contributed by atoms with Gasteiger partial charge in [-0.1, -0.05) is 30.9 Å². The number of halogens is 3. The number of hydrogen-bond acceptors (Lipinski definition) is 6. The van der Waals surface area contributed by atoms with Crippen LogP contribution >= 0.6 is 36.4 Å². The zero-order valence-electron chi connectivity index (χ0n) is 18.9. The minimum Gasteiger partial charge on any atom is -0.449 e. The Morgan fingerprint density at radius 1 is 1.12 bits per heavy atom. The summed E-state index contributed by atoms with van der Waals surface area (Å²) in [7, 11) is 3.59. The van der Waals surface area contributed by atoms with Gasteiger partial charge in [0.2, 0.25) is 5.91 Å². The number of nitrogens with zero attached hydrogens (tertiary/aromatic N) is 3. The van der Waals surface area contributed by atoms with Gasteiger partial charge in [0.25, 0.3) is 5.91 Å². The third-order valence-electron chi connectivity index (χ3n) is 5.66. The van der Waals surface area contributed by atoms with E-state index < -0.39 is 5.91 Å². The van der Waals surface area contributed by atoms with Gasteiger partial charge in [0.1, 0.15) is 11.5 Å². The van der Waals surface area contributed by atoms with E-state index in [9.17, 15) is 9.59 Å². The van der Waals surface area contributed by atoms with Gasteiger partial charge in [-0.05, 0) is 43.2 Å². The number of nitrogen functional groups attached to an aromatic ring is 1. The number of pyridine rings is 1. The van der Waals surface area contributed by atoms with Crippen molar-refractivity contribution in [3.63, 3.8) is 0 Å². The highest BCUT2D eigenvalue weighted by Gasteiger charge is 2.32. The standard InChI is InChI=1S/C23H26ClN5O3.2ClH/c1-28(2)29(23(31)14-6-4-3-5-7-14)20-17(25)10-8-15-12-18(32-21(15)20)22(30)27-19-11-9-16(24)13-26-19;;/h8-14H,3-7,25H2,1-2H3,(H,26,27,30);2*1H. The fourth-order valence-electron chi connectivity index (χ4n) is 4.09. The Morgan fingerprint density at radius 2 is 1.82 bits per heavy atom. The van der Waals surface area contributed by atoms with Gasteiger partial charge in [0.05, 0.1) is 10.7 Å². The lowest BCUT2D eigenvalue weighted by atomic mass is 9.88. The van der Waals surface area contributed by atoms with E-state index in [1.54, 1.807) is 54.4 Å². The van der Waals surface area contributed by atoms with Crippen molar-refractivity contribution in [1.82, 2.24) is 9.99 Å². The molecule has 34 heavy (non-hydrogen) atoms. The second-order valence-electron chi connectivity index (χ2n) is 8.18. The van der Waals surface area contributed by atoms with Crippen LogP contribution < -0.4 is 16.1 Å². The van der Waals surface area contributed by atoms with Crippen LogP contribution in [0.2, 0.25) is 5.02 Å². The summed E-state index contributed by atoms with van der Waals surface area (Å²) in [6.45, 7) is 0. The van der Waals surface area contributed by atoms with Gasteiger partial charge in [-0.15, -0.1) is 24.8 Å². The first-order valence-corrected chi connectivity index (χ1v) is 11.0. The molecule has 1 aromatic carbocycles. The molecule has 11 heteroatoms. The van der Waals surface area contributed by atoms with Crippen molar-refractivity contribution in [2.45, 2.75) is 32.1 Å². The molecule has 0 saturated heterocycles. The highest BCUT2D eigenvalue weighted by Crippen LogP contribution is 2.37. The largest absolute Gasteiger partial charge is 0.449 e. The molecule has 0 atom stereocenters. The molecule has 0 bridgehead atoms. The third kappa shape index (κ3) is 5.75. The van der Waals surface area contributed by atoms with Gasteiger partial charge < -0.3 is 15.5 Å². The van der Waals surface area contributed by atoms with Gasteiger partial charge in [0, 0.05) is 31.6 Å². The Kier molecular flexibility index (Phi) is 9.58. The highest BCUT2D eigenvalue weighted by molar-refractivity contribution is 6.30. The monoisotopic (exact) mass is 527 g/mol. The SMILES string of the molecule is CN(C)N(C(=O)C1CCCCC1)c1c(N)ccc2cc(C(=O)Nc3ccc(Cl)cn3)oc12.Cl.Cl. The second-order valence-corrected chi connectivity index (χ2v) is 8.62. The fourth-order valence-corrected chi connectivity index (χ4v) is 4.20. The molecule has 184 valence electrons. The van der Waals surface area contributed by atoms with Crippen LogP contribution in [0.25, 0.3) is 11.0 Å². The Morgan fingerprint density at radius 3 is 2.44 bits per heavy atom. The lowest BCUT2D eigenvalue weighted by Crippen LogP contribution is -2.46. The van der Waals surface area contributed by atoms with Crippen molar-refractivity contribution >= 4 is 76.4 Å². The van der Waals surface area contributed by atoms with Crippen molar-refractivity contribution < 1.29 is 14.0 Å². The predicted octanol–water partition coefficient (Wildman–Crippen LogP) is 5.55. The number of benzene rings is 1. The average molecular weight is 529 g/mol. The molecule has 0 aliphatic heterocycles. The van der Waals surface area contributed by atoms with Crippen LogP contribution in [0.15, 0.2) is 40.9 Å². The quantitative estimate of drug-likeness (QED) is 0.332. The first-order chi connectivity index (χ1) is 15.3. The molecule has 1 aliphatic carbocycles. The molecular formula is C23H28Cl3N5O3. The maximum absolute atomic E-state index is 13.4. The molecule has 0 unspecified atom stereocenters. The van der Waals surface area contributed by atoms with Crippen LogP contribution in [0.5, 0.6) is 0 Å². The van der Waals surface area contributed by atoms with Crippen molar-refractivity contribution in [1.29, 1.82) is 0 Å². The molecule has 0 spiro atoms. The molecule has 3 aromatic rings. The number of anilines is 3. The number of carbonyl (C=O) groups is 2. The zero-order chi connectivity index (χ0) is 22.8. The van der Waals surface area contributed by atoms with Gasteiger partial charge >= 0.3 is 0 Å². The summed E-state index contributed by atoms with van der Waals surface area (Å²) < 4.78 is 5.94. The number of nitrogens with two attached hydrogens (primary N) is 1. The molecule has 1 saturated carbocycles. The third-order valence-corrected chi connectivity index (χ3v) is 5.88. The molecule has 1 fully saturated rings. The topological polar surface area (TPSA) is 105 Å². The number of amides is 2. The summed E-state index contributed by atoms with van der Waals surface area (Å²) in [5.41, 5.74) is 7.55. The molecule has 4 rings (SSSR count). The van der Waals surface area contributed by atoms with E-state index in [0.29, 0.717) is 33.2 Å². The molecule has 3 N–H and O–H groups in total. The highest BCUT2D eigenvalue weighted by atomic mass is 35.5.